The van der Waals surface area contributed by atoms with Crippen LogP contribution in [-0.2, 0) is 11.4 Å². The third-order valence-electron chi connectivity index (χ3n) is 4.19. The molecule has 3 aromatic carbocycles. The van der Waals surface area contributed by atoms with Gasteiger partial charge in [-0.3, -0.25) is 9.59 Å². The molecule has 0 bridgehead atoms. The molecule has 164 valence electrons. The van der Waals surface area contributed by atoms with Crippen molar-refractivity contribution in [2.45, 2.75) is 6.61 Å². The van der Waals surface area contributed by atoms with Crippen molar-refractivity contribution < 1.29 is 14.3 Å². The van der Waals surface area contributed by atoms with Gasteiger partial charge in [-0.1, -0.05) is 46.9 Å². The van der Waals surface area contributed by atoms with E-state index in [2.05, 4.69) is 15.8 Å². The maximum absolute atomic E-state index is 12.0. The number of hydrogen-bond acceptors (Lipinski definition) is 4. The Morgan fingerprint density at radius 1 is 0.906 bits per heavy atom. The van der Waals surface area contributed by atoms with Crippen LogP contribution in [0.4, 0.5) is 0 Å². The number of rotatable bonds is 8. The van der Waals surface area contributed by atoms with Crippen molar-refractivity contribution in [2.75, 3.05) is 6.54 Å². The number of hydrazone groups is 1. The van der Waals surface area contributed by atoms with Crippen LogP contribution in [0, 0.1) is 0 Å². The Kier molecular flexibility index (Phi) is 8.50. The monoisotopic (exact) mass is 489 g/mol. The van der Waals surface area contributed by atoms with Crippen molar-refractivity contribution in [3.8, 4) is 5.75 Å². The quantitative estimate of drug-likeness (QED) is 0.340. The third-order valence-corrected chi connectivity index (χ3v) is 5.18. The first-order valence-electron chi connectivity index (χ1n) is 9.43. The van der Waals surface area contributed by atoms with Crippen LogP contribution in [0.25, 0.3) is 0 Å². The summed E-state index contributed by atoms with van der Waals surface area (Å²) in [6.45, 7) is 0.183. The van der Waals surface area contributed by atoms with Crippen LogP contribution in [0.2, 0.25) is 15.1 Å². The minimum absolute atomic E-state index is 0.242. The number of carbonyl (C=O) groups is 2. The van der Waals surface area contributed by atoms with E-state index in [4.69, 9.17) is 39.5 Å². The predicted molar refractivity (Wildman–Crippen MR) is 127 cm³/mol. The summed E-state index contributed by atoms with van der Waals surface area (Å²) >= 11 is 17.6. The number of nitrogens with one attached hydrogen (secondary N) is 2. The van der Waals surface area contributed by atoms with E-state index in [9.17, 15) is 9.59 Å². The average Bonchev–Trinajstić information content (AvgIpc) is 2.80. The highest BCUT2D eigenvalue weighted by Gasteiger charge is 2.09. The number of carbonyl (C=O) groups excluding carboxylic acids is 2. The van der Waals surface area contributed by atoms with Crippen molar-refractivity contribution in [1.82, 2.24) is 10.7 Å². The number of amides is 2. The van der Waals surface area contributed by atoms with Crippen molar-refractivity contribution in [3.05, 3.63) is 98.5 Å². The second kappa shape index (κ2) is 11.5. The van der Waals surface area contributed by atoms with E-state index in [1.807, 2.05) is 24.3 Å². The summed E-state index contributed by atoms with van der Waals surface area (Å²) in [6.07, 6.45) is 1.49. The fourth-order valence-electron chi connectivity index (χ4n) is 2.52. The molecule has 3 aromatic rings. The molecule has 0 unspecified atom stereocenters. The summed E-state index contributed by atoms with van der Waals surface area (Å²) in [5.41, 5.74) is 4.43. The fourth-order valence-corrected chi connectivity index (χ4v) is 2.94. The third kappa shape index (κ3) is 7.27. The van der Waals surface area contributed by atoms with Crippen LogP contribution in [0.3, 0.4) is 0 Å². The lowest BCUT2D eigenvalue weighted by Crippen LogP contribution is -2.34. The molecule has 6 nitrogen and oxygen atoms in total. The molecule has 0 aliphatic heterocycles. The molecule has 3 rings (SSSR count). The van der Waals surface area contributed by atoms with E-state index in [1.54, 1.807) is 24.3 Å². The van der Waals surface area contributed by atoms with Crippen LogP contribution < -0.4 is 15.5 Å². The van der Waals surface area contributed by atoms with Gasteiger partial charge in [0.1, 0.15) is 12.4 Å². The normalized spacial score (nSPS) is 10.7. The first kappa shape index (κ1) is 23.6. The van der Waals surface area contributed by atoms with Crippen LogP contribution in [0.15, 0.2) is 71.8 Å². The Morgan fingerprint density at radius 3 is 2.31 bits per heavy atom. The van der Waals surface area contributed by atoms with Gasteiger partial charge in [-0.2, -0.15) is 5.10 Å². The van der Waals surface area contributed by atoms with Crippen molar-refractivity contribution in [1.29, 1.82) is 0 Å². The molecule has 0 radical (unpaired) electrons. The number of halogens is 3. The molecule has 32 heavy (non-hydrogen) atoms. The predicted octanol–water partition coefficient (Wildman–Crippen LogP) is 5.11. The molecule has 9 heteroatoms. The molecular weight excluding hydrogens is 473 g/mol. The average molecular weight is 491 g/mol. The van der Waals surface area contributed by atoms with Gasteiger partial charge in [0, 0.05) is 10.6 Å². The van der Waals surface area contributed by atoms with Crippen molar-refractivity contribution in [3.63, 3.8) is 0 Å². The lowest BCUT2D eigenvalue weighted by atomic mass is 10.2. The molecule has 0 fully saturated rings. The SMILES string of the molecule is O=C(CNC(=O)c1ccc(Cl)c(Cl)c1)N/N=C/c1ccc(OCc2ccc(Cl)cc2)cc1. The van der Waals surface area contributed by atoms with Gasteiger partial charge in [0.25, 0.3) is 11.8 Å². The van der Waals surface area contributed by atoms with Gasteiger partial charge in [0.15, 0.2) is 0 Å². The van der Waals surface area contributed by atoms with Gasteiger partial charge in [-0.25, -0.2) is 5.43 Å². The molecule has 0 aliphatic rings. The zero-order chi connectivity index (χ0) is 22.9. The Morgan fingerprint density at radius 2 is 1.62 bits per heavy atom. The van der Waals surface area contributed by atoms with E-state index in [0.29, 0.717) is 28.0 Å². The van der Waals surface area contributed by atoms with E-state index < -0.39 is 11.8 Å². The maximum Gasteiger partial charge on any atom is 0.259 e. The van der Waals surface area contributed by atoms with E-state index in [1.165, 1.54) is 24.4 Å². The number of benzene rings is 3. The molecule has 2 amide bonds. The molecule has 0 atom stereocenters. The van der Waals surface area contributed by atoms with Crippen LogP contribution in [-0.4, -0.2) is 24.6 Å². The molecular formula is C23H18Cl3N3O3. The minimum Gasteiger partial charge on any atom is -0.489 e. The van der Waals surface area contributed by atoms with E-state index >= 15 is 0 Å². The summed E-state index contributed by atoms with van der Waals surface area (Å²) in [6, 6.07) is 19.1. The van der Waals surface area contributed by atoms with Gasteiger partial charge in [0.2, 0.25) is 0 Å². The summed E-state index contributed by atoms with van der Waals surface area (Å²) in [5.74, 6) is -0.222. The first-order valence-corrected chi connectivity index (χ1v) is 10.6. The number of hydrogen-bond donors (Lipinski definition) is 2. The Hall–Kier alpha value is -3.06. The van der Waals surface area contributed by atoms with Crippen LogP contribution >= 0.6 is 34.8 Å². The summed E-state index contributed by atoms with van der Waals surface area (Å²) in [5, 5.41) is 7.65. The highest BCUT2D eigenvalue weighted by molar-refractivity contribution is 6.42. The smallest absolute Gasteiger partial charge is 0.259 e. The molecule has 0 saturated carbocycles. The fraction of sp³-hybridized carbons (Fsp3) is 0.0870. The lowest BCUT2D eigenvalue weighted by molar-refractivity contribution is -0.120. The maximum atomic E-state index is 12.0. The van der Waals surface area contributed by atoms with E-state index in [0.717, 1.165) is 11.1 Å². The standard InChI is InChI=1S/C23H18Cl3N3O3/c24-18-6-1-16(2-7-18)14-32-19-8-3-15(4-9-19)12-28-29-22(30)13-27-23(31)17-5-10-20(25)21(26)11-17/h1-12H,13-14H2,(H,27,31)(H,29,30)/b28-12+. The molecule has 0 saturated heterocycles. The van der Waals surface area contributed by atoms with Crippen LogP contribution in [0.5, 0.6) is 5.75 Å². The first-order chi connectivity index (χ1) is 15.4. The van der Waals surface area contributed by atoms with E-state index in [-0.39, 0.29) is 11.6 Å². The number of ether oxygens (including phenoxy) is 1. The molecule has 2 N–H and O–H groups in total. The van der Waals surface area contributed by atoms with Crippen LogP contribution in [0.1, 0.15) is 21.5 Å². The Bertz CT molecular complexity index is 1120. The molecule has 0 aromatic heterocycles. The van der Waals surface area contributed by atoms with Crippen molar-refractivity contribution in [2.24, 2.45) is 5.10 Å². The van der Waals surface area contributed by atoms with Gasteiger partial charge in [0.05, 0.1) is 22.8 Å². The topological polar surface area (TPSA) is 79.8 Å². The highest BCUT2D eigenvalue weighted by atomic mass is 35.5. The second-order valence-electron chi connectivity index (χ2n) is 6.59. The summed E-state index contributed by atoms with van der Waals surface area (Å²) in [4.78, 5) is 23.9. The van der Waals surface area contributed by atoms with Crippen molar-refractivity contribution >= 4 is 52.8 Å². The Balaban J connectivity index is 1.41. The largest absolute Gasteiger partial charge is 0.489 e. The lowest BCUT2D eigenvalue weighted by Gasteiger charge is -2.07. The highest BCUT2D eigenvalue weighted by Crippen LogP contribution is 2.22. The molecule has 0 aliphatic carbocycles. The molecule has 0 heterocycles. The van der Waals surface area contributed by atoms with Gasteiger partial charge >= 0.3 is 0 Å². The summed E-state index contributed by atoms with van der Waals surface area (Å²) in [7, 11) is 0. The summed E-state index contributed by atoms with van der Waals surface area (Å²) < 4.78 is 5.72. The van der Waals surface area contributed by atoms with Gasteiger partial charge in [-0.15, -0.1) is 0 Å². The minimum atomic E-state index is -0.474. The van der Waals surface area contributed by atoms with Gasteiger partial charge < -0.3 is 10.1 Å². The Labute approximate surface area is 200 Å². The van der Waals surface area contributed by atoms with Gasteiger partial charge in [-0.05, 0) is 65.7 Å². The number of nitrogens with zero attached hydrogens (tertiary/aromatic N) is 1. The second-order valence-corrected chi connectivity index (χ2v) is 7.84. The molecule has 0 spiro atoms. The zero-order valence-electron chi connectivity index (χ0n) is 16.6. The zero-order valence-corrected chi connectivity index (χ0v) is 18.9.